The van der Waals surface area contributed by atoms with E-state index in [1.165, 1.54) is 17.5 Å². The highest BCUT2D eigenvalue weighted by molar-refractivity contribution is 7.22. The molecule has 4 aromatic heterocycles. The number of nitrogens with one attached hydrogen (secondary N) is 1. The van der Waals surface area contributed by atoms with Crippen LogP contribution >= 0.6 is 11.3 Å². The summed E-state index contributed by atoms with van der Waals surface area (Å²) >= 11 is 1.24. The lowest BCUT2D eigenvalue weighted by molar-refractivity contribution is 0.788. The lowest BCUT2D eigenvalue weighted by Crippen LogP contribution is -2.33. The molecule has 0 spiro atoms. The number of H-pyrrole nitrogens is 1. The Hall–Kier alpha value is -4.03. The van der Waals surface area contributed by atoms with Crippen LogP contribution in [-0.2, 0) is 7.05 Å². The van der Waals surface area contributed by atoms with Gasteiger partial charge in [-0.1, -0.05) is 12.1 Å². The van der Waals surface area contributed by atoms with Crippen molar-refractivity contribution in [2.24, 2.45) is 7.05 Å². The van der Waals surface area contributed by atoms with Crippen molar-refractivity contribution in [3.63, 3.8) is 0 Å². The maximum Gasteiger partial charge on any atom is 0.333 e. The molecular formula is C21H14N6O2S. The molecule has 0 atom stereocenters. The highest BCUT2D eigenvalue weighted by atomic mass is 32.1. The van der Waals surface area contributed by atoms with E-state index in [1.807, 2.05) is 19.1 Å². The molecule has 0 unspecified atom stereocenters. The van der Waals surface area contributed by atoms with Gasteiger partial charge in [-0.15, -0.1) is 11.3 Å². The Morgan fingerprint density at radius 2 is 2.00 bits per heavy atom. The largest absolute Gasteiger partial charge is 0.333 e. The van der Waals surface area contributed by atoms with Crippen molar-refractivity contribution in [2.75, 3.05) is 0 Å². The lowest BCUT2D eigenvalue weighted by Gasteiger charge is -2.06. The molecule has 1 N–H and O–H groups in total. The van der Waals surface area contributed by atoms with E-state index in [4.69, 9.17) is 0 Å². The van der Waals surface area contributed by atoms with Crippen LogP contribution in [0.5, 0.6) is 0 Å². The topological polar surface area (TPSA) is 109 Å². The van der Waals surface area contributed by atoms with E-state index in [1.54, 1.807) is 36.3 Å². The molecule has 0 aliphatic carbocycles. The van der Waals surface area contributed by atoms with Crippen LogP contribution in [0, 0.1) is 18.3 Å². The Morgan fingerprint density at radius 1 is 1.17 bits per heavy atom. The third-order valence-electron chi connectivity index (χ3n) is 5.00. The summed E-state index contributed by atoms with van der Waals surface area (Å²) in [6, 6.07) is 9.51. The number of fused-ring (bicyclic) bond motifs is 2. The summed E-state index contributed by atoms with van der Waals surface area (Å²) in [6.07, 6.45) is 4.75. The van der Waals surface area contributed by atoms with Gasteiger partial charge in [0.2, 0.25) is 0 Å². The van der Waals surface area contributed by atoms with Gasteiger partial charge in [0.15, 0.2) is 0 Å². The molecule has 0 radical (unpaired) electrons. The second-order valence-corrected chi connectivity index (χ2v) is 8.00. The van der Waals surface area contributed by atoms with Gasteiger partial charge in [0, 0.05) is 29.1 Å². The minimum Gasteiger partial charge on any atom is -0.306 e. The van der Waals surface area contributed by atoms with Crippen LogP contribution in [-0.4, -0.2) is 24.3 Å². The monoisotopic (exact) mass is 414 g/mol. The van der Waals surface area contributed by atoms with Gasteiger partial charge in [-0.25, -0.2) is 9.36 Å². The second-order valence-electron chi connectivity index (χ2n) is 6.95. The number of benzene rings is 1. The maximum atomic E-state index is 13.3. The number of thiophene rings is 1. The first-order chi connectivity index (χ1) is 14.5. The predicted octanol–water partition coefficient (Wildman–Crippen LogP) is 2.87. The summed E-state index contributed by atoms with van der Waals surface area (Å²) in [5.74, 6) is 0. The van der Waals surface area contributed by atoms with Crippen LogP contribution in [0.25, 0.3) is 37.2 Å². The van der Waals surface area contributed by atoms with Gasteiger partial charge in [0.05, 0.1) is 40.7 Å². The van der Waals surface area contributed by atoms with Crippen molar-refractivity contribution in [3.8, 4) is 22.2 Å². The molecule has 5 aromatic rings. The van der Waals surface area contributed by atoms with E-state index in [0.29, 0.717) is 27.0 Å². The Bertz CT molecular complexity index is 1630. The van der Waals surface area contributed by atoms with Crippen LogP contribution in [0.15, 0.2) is 52.4 Å². The van der Waals surface area contributed by atoms with Gasteiger partial charge in [-0.05, 0) is 24.6 Å². The highest BCUT2D eigenvalue weighted by Gasteiger charge is 2.18. The van der Waals surface area contributed by atoms with Crippen LogP contribution in [0.4, 0.5) is 0 Å². The van der Waals surface area contributed by atoms with Crippen molar-refractivity contribution >= 4 is 32.5 Å². The average molecular weight is 414 g/mol. The van der Waals surface area contributed by atoms with E-state index in [-0.39, 0.29) is 0 Å². The molecule has 0 amide bonds. The van der Waals surface area contributed by atoms with E-state index in [2.05, 4.69) is 21.1 Å². The number of hydrogen-bond donors (Lipinski definition) is 1. The van der Waals surface area contributed by atoms with Crippen molar-refractivity contribution in [3.05, 3.63) is 74.8 Å². The Balaban J connectivity index is 1.80. The molecule has 0 aliphatic rings. The first kappa shape index (κ1) is 18.0. The third-order valence-corrected chi connectivity index (χ3v) is 6.15. The molecule has 30 heavy (non-hydrogen) atoms. The average Bonchev–Trinajstić information content (AvgIpc) is 3.32. The molecule has 0 saturated heterocycles. The number of aryl methyl sites for hydroxylation is 2. The summed E-state index contributed by atoms with van der Waals surface area (Å²) in [6.45, 7) is 1.92. The summed E-state index contributed by atoms with van der Waals surface area (Å²) in [4.78, 5) is 33.8. The van der Waals surface area contributed by atoms with E-state index < -0.39 is 11.2 Å². The quantitative estimate of drug-likeness (QED) is 0.478. The number of hydrogen-bond acceptors (Lipinski definition) is 6. The first-order valence-corrected chi connectivity index (χ1v) is 9.85. The van der Waals surface area contributed by atoms with Gasteiger partial charge in [-0.3, -0.25) is 14.5 Å². The van der Waals surface area contributed by atoms with Crippen molar-refractivity contribution in [2.45, 2.75) is 6.92 Å². The zero-order chi connectivity index (χ0) is 21.0. The number of pyridine rings is 1. The molecule has 9 heteroatoms. The molecule has 1 aromatic carbocycles. The van der Waals surface area contributed by atoms with Crippen LogP contribution in [0.2, 0.25) is 0 Å². The Morgan fingerprint density at radius 3 is 2.80 bits per heavy atom. The molecular weight excluding hydrogens is 400 g/mol. The molecule has 0 fully saturated rings. The standard InChI is InChI=1S/C21H14N6O2S/c1-11-3-4-14(12(5-11)7-22)17-6-15-19(30-17)20(28)27(21(29)25-15)16-10-23-8-13-9-24-26(2)18(13)16/h3-6,8-10H,1-2H3,(H,25,29). The van der Waals surface area contributed by atoms with E-state index >= 15 is 0 Å². The second kappa shape index (κ2) is 6.50. The molecule has 4 heterocycles. The third kappa shape index (κ3) is 2.58. The molecule has 5 rings (SSSR count). The molecule has 0 saturated carbocycles. The van der Waals surface area contributed by atoms with Crippen molar-refractivity contribution in [1.82, 2.24) is 24.3 Å². The van der Waals surface area contributed by atoms with E-state index in [9.17, 15) is 14.9 Å². The predicted molar refractivity (Wildman–Crippen MR) is 115 cm³/mol. The summed E-state index contributed by atoms with van der Waals surface area (Å²) in [5.41, 5.74) is 2.67. The molecule has 8 nitrogen and oxygen atoms in total. The number of aromatic nitrogens is 5. The number of nitrogens with zero attached hydrogens (tertiary/aromatic N) is 5. The first-order valence-electron chi connectivity index (χ1n) is 9.04. The Labute approximate surface area is 173 Å². The molecule has 0 bridgehead atoms. The lowest BCUT2D eigenvalue weighted by atomic mass is 10.0. The minimum absolute atomic E-state index is 0.364. The normalized spacial score (nSPS) is 11.2. The molecule has 0 aliphatic heterocycles. The van der Waals surface area contributed by atoms with Crippen LogP contribution in [0.3, 0.4) is 0 Å². The van der Waals surface area contributed by atoms with Crippen molar-refractivity contribution < 1.29 is 0 Å². The van der Waals surface area contributed by atoms with Gasteiger partial charge in [-0.2, -0.15) is 10.4 Å². The van der Waals surface area contributed by atoms with E-state index in [0.717, 1.165) is 26.0 Å². The van der Waals surface area contributed by atoms with Gasteiger partial charge < -0.3 is 4.98 Å². The number of aromatic amines is 1. The smallest absolute Gasteiger partial charge is 0.306 e. The zero-order valence-electron chi connectivity index (χ0n) is 16.0. The number of rotatable bonds is 2. The fourth-order valence-electron chi connectivity index (χ4n) is 3.60. The fourth-order valence-corrected chi connectivity index (χ4v) is 4.68. The molecule has 146 valence electrons. The fraction of sp³-hybridized carbons (Fsp3) is 0.0952. The highest BCUT2D eigenvalue weighted by Crippen LogP contribution is 2.33. The Kier molecular flexibility index (Phi) is 3.91. The van der Waals surface area contributed by atoms with Crippen LogP contribution < -0.4 is 11.2 Å². The number of nitriles is 1. The minimum atomic E-state index is -0.559. The summed E-state index contributed by atoms with van der Waals surface area (Å²) in [5, 5.41) is 14.4. The van der Waals surface area contributed by atoms with Gasteiger partial charge in [0.25, 0.3) is 5.56 Å². The SMILES string of the molecule is Cc1ccc(-c2cc3[nH]c(=O)n(-c4cncc5cnn(C)c45)c(=O)c3s2)c(C#N)c1. The van der Waals surface area contributed by atoms with Gasteiger partial charge >= 0.3 is 5.69 Å². The zero-order valence-corrected chi connectivity index (χ0v) is 16.8. The summed E-state index contributed by atoms with van der Waals surface area (Å²) < 4.78 is 3.08. The van der Waals surface area contributed by atoms with Crippen LogP contribution in [0.1, 0.15) is 11.1 Å². The van der Waals surface area contributed by atoms with Gasteiger partial charge in [0.1, 0.15) is 4.70 Å². The summed E-state index contributed by atoms with van der Waals surface area (Å²) in [7, 11) is 1.74. The maximum absolute atomic E-state index is 13.3. The van der Waals surface area contributed by atoms with Crippen molar-refractivity contribution in [1.29, 1.82) is 5.26 Å².